The number of carboxylic acids is 1. The molecule has 0 fully saturated rings. The number of aliphatic carboxylic acids is 1. The van der Waals surface area contributed by atoms with Gasteiger partial charge in [0.2, 0.25) is 0 Å². The van der Waals surface area contributed by atoms with Crippen LogP contribution in [0, 0.1) is 0 Å². The van der Waals surface area contributed by atoms with Gasteiger partial charge in [0.15, 0.2) is 5.78 Å². The molecule has 2 aromatic rings. The predicted molar refractivity (Wildman–Crippen MR) is 67.8 cm³/mol. The summed E-state index contributed by atoms with van der Waals surface area (Å²) in [4.78, 5) is 27.1. The Kier molecular flexibility index (Phi) is 3.43. The largest absolute Gasteiger partial charge is 0.480 e. The molecular formula is C13H14N2O3. The number of carbonyl (C=O) groups is 2. The topological polar surface area (TPSA) is 73.4 Å². The molecule has 1 heterocycles. The molecule has 18 heavy (non-hydrogen) atoms. The molecule has 0 amide bonds. The van der Waals surface area contributed by atoms with E-state index < -0.39 is 5.97 Å². The lowest BCUT2D eigenvalue weighted by molar-refractivity contribution is -0.137. The van der Waals surface area contributed by atoms with E-state index in [1.54, 1.807) is 13.2 Å². The van der Waals surface area contributed by atoms with E-state index in [-0.39, 0.29) is 18.9 Å². The maximum Gasteiger partial charge on any atom is 0.317 e. The number of rotatable bonds is 5. The van der Waals surface area contributed by atoms with Crippen LogP contribution in [0.3, 0.4) is 0 Å². The number of nitrogens with one attached hydrogen (secondary N) is 1. The van der Waals surface area contributed by atoms with Crippen LogP contribution >= 0.6 is 0 Å². The molecule has 2 N–H and O–H groups in total. The summed E-state index contributed by atoms with van der Waals surface area (Å²) < 4.78 is 0. The maximum absolute atomic E-state index is 12.1. The van der Waals surface area contributed by atoms with E-state index in [9.17, 15) is 9.59 Å². The summed E-state index contributed by atoms with van der Waals surface area (Å²) >= 11 is 0. The molecular weight excluding hydrogens is 232 g/mol. The second kappa shape index (κ2) is 5.01. The Bertz CT molecular complexity index is 589. The van der Waals surface area contributed by atoms with Crippen LogP contribution in [0.5, 0.6) is 0 Å². The second-order valence-corrected chi connectivity index (χ2v) is 4.24. The minimum Gasteiger partial charge on any atom is -0.480 e. The monoisotopic (exact) mass is 246 g/mol. The van der Waals surface area contributed by atoms with E-state index >= 15 is 0 Å². The second-order valence-electron chi connectivity index (χ2n) is 4.24. The van der Waals surface area contributed by atoms with E-state index in [0.717, 1.165) is 10.9 Å². The fraction of sp³-hybridized carbons (Fsp3) is 0.231. The highest BCUT2D eigenvalue weighted by atomic mass is 16.4. The quantitative estimate of drug-likeness (QED) is 0.781. The standard InChI is InChI=1S/C13H14N2O3/c1-15(8-13(17)18)7-12(16)10-6-14-11-5-3-2-4-9(10)11/h2-6,14H,7-8H2,1H3,(H,17,18). The summed E-state index contributed by atoms with van der Waals surface area (Å²) in [6.45, 7) is -0.0533. The van der Waals surface area contributed by atoms with E-state index in [2.05, 4.69) is 4.98 Å². The van der Waals surface area contributed by atoms with Crippen molar-refractivity contribution >= 4 is 22.7 Å². The summed E-state index contributed by atoms with van der Waals surface area (Å²) in [5.74, 6) is -1.03. The average molecular weight is 246 g/mol. The Hall–Kier alpha value is -2.14. The van der Waals surface area contributed by atoms with Crippen molar-refractivity contribution in [3.8, 4) is 0 Å². The minimum atomic E-state index is -0.941. The molecule has 0 bridgehead atoms. The number of nitrogens with zero attached hydrogens (tertiary/aromatic N) is 1. The van der Waals surface area contributed by atoms with Gasteiger partial charge in [-0.1, -0.05) is 18.2 Å². The molecule has 0 atom stereocenters. The highest BCUT2D eigenvalue weighted by Crippen LogP contribution is 2.18. The number of ketones is 1. The van der Waals surface area contributed by atoms with Crippen molar-refractivity contribution in [1.29, 1.82) is 0 Å². The number of carboxylic acid groups (broad SMARTS) is 1. The van der Waals surface area contributed by atoms with Gasteiger partial charge in [0, 0.05) is 22.7 Å². The first kappa shape index (κ1) is 12.3. The number of aromatic nitrogens is 1. The van der Waals surface area contributed by atoms with E-state index in [0.29, 0.717) is 5.56 Å². The van der Waals surface area contributed by atoms with Gasteiger partial charge >= 0.3 is 5.97 Å². The van der Waals surface area contributed by atoms with Gasteiger partial charge in [-0.25, -0.2) is 0 Å². The smallest absolute Gasteiger partial charge is 0.317 e. The number of hydrogen-bond acceptors (Lipinski definition) is 3. The predicted octanol–water partition coefficient (Wildman–Crippen LogP) is 1.37. The number of carbonyl (C=O) groups excluding carboxylic acids is 1. The number of fused-ring (bicyclic) bond motifs is 1. The Balaban J connectivity index is 2.16. The number of aromatic amines is 1. The third kappa shape index (κ3) is 2.57. The van der Waals surface area contributed by atoms with Crippen molar-refractivity contribution in [2.45, 2.75) is 0 Å². The van der Waals surface area contributed by atoms with Crippen LogP contribution in [0.2, 0.25) is 0 Å². The first-order chi connectivity index (χ1) is 8.58. The lowest BCUT2D eigenvalue weighted by Crippen LogP contribution is -2.30. The Morgan fingerprint density at radius 3 is 2.72 bits per heavy atom. The summed E-state index contributed by atoms with van der Waals surface area (Å²) in [5.41, 5.74) is 1.50. The third-order valence-electron chi connectivity index (χ3n) is 2.71. The van der Waals surface area contributed by atoms with Crippen molar-refractivity contribution in [1.82, 2.24) is 9.88 Å². The zero-order chi connectivity index (χ0) is 13.1. The van der Waals surface area contributed by atoms with Crippen LogP contribution in [0.25, 0.3) is 10.9 Å². The zero-order valence-electron chi connectivity index (χ0n) is 10.0. The van der Waals surface area contributed by atoms with Gasteiger partial charge in [-0.05, 0) is 13.1 Å². The van der Waals surface area contributed by atoms with E-state index in [1.807, 2.05) is 24.3 Å². The fourth-order valence-electron chi connectivity index (χ4n) is 1.92. The van der Waals surface area contributed by atoms with Crippen molar-refractivity contribution in [3.05, 3.63) is 36.0 Å². The van der Waals surface area contributed by atoms with Gasteiger partial charge in [0.05, 0.1) is 13.1 Å². The van der Waals surface area contributed by atoms with E-state index in [4.69, 9.17) is 5.11 Å². The molecule has 0 saturated heterocycles. The number of likely N-dealkylation sites (N-methyl/N-ethyl adjacent to an activating group) is 1. The lowest BCUT2D eigenvalue weighted by atomic mass is 10.1. The van der Waals surface area contributed by atoms with Crippen LogP contribution in [0.1, 0.15) is 10.4 Å². The Morgan fingerprint density at radius 2 is 2.00 bits per heavy atom. The summed E-state index contributed by atoms with van der Waals surface area (Å²) in [7, 11) is 1.61. The van der Waals surface area contributed by atoms with Crippen molar-refractivity contribution < 1.29 is 14.7 Å². The number of H-pyrrole nitrogens is 1. The van der Waals surface area contributed by atoms with Crippen LogP contribution in [-0.4, -0.2) is 46.9 Å². The molecule has 0 radical (unpaired) electrons. The fourth-order valence-corrected chi connectivity index (χ4v) is 1.92. The summed E-state index contributed by atoms with van der Waals surface area (Å²) in [5, 5.41) is 9.51. The van der Waals surface area contributed by atoms with Crippen LogP contribution in [0.15, 0.2) is 30.5 Å². The molecule has 1 aromatic carbocycles. The molecule has 5 nitrogen and oxygen atoms in total. The van der Waals surface area contributed by atoms with Crippen molar-refractivity contribution in [3.63, 3.8) is 0 Å². The molecule has 0 saturated carbocycles. The molecule has 5 heteroatoms. The van der Waals surface area contributed by atoms with Crippen molar-refractivity contribution in [2.75, 3.05) is 20.1 Å². The van der Waals surface area contributed by atoms with Crippen LogP contribution < -0.4 is 0 Å². The van der Waals surface area contributed by atoms with Crippen LogP contribution in [0.4, 0.5) is 0 Å². The number of hydrogen-bond donors (Lipinski definition) is 2. The SMILES string of the molecule is CN(CC(=O)O)CC(=O)c1c[nH]c2ccccc12. The van der Waals surface area contributed by atoms with E-state index in [1.165, 1.54) is 4.90 Å². The zero-order valence-corrected chi connectivity index (χ0v) is 10.0. The highest BCUT2D eigenvalue weighted by Gasteiger charge is 2.14. The Labute approximate surface area is 104 Å². The summed E-state index contributed by atoms with van der Waals surface area (Å²) in [6.07, 6.45) is 1.67. The van der Waals surface area contributed by atoms with Gasteiger partial charge in [0.25, 0.3) is 0 Å². The van der Waals surface area contributed by atoms with Crippen LogP contribution in [-0.2, 0) is 4.79 Å². The number of Topliss-reactive ketones (excluding diaryl/α,β-unsaturated/α-hetero) is 1. The molecule has 0 aliphatic carbocycles. The summed E-state index contributed by atoms with van der Waals surface area (Å²) in [6, 6.07) is 7.53. The molecule has 1 aromatic heterocycles. The first-order valence-corrected chi connectivity index (χ1v) is 5.57. The molecule has 0 spiro atoms. The molecule has 0 unspecified atom stereocenters. The molecule has 0 aliphatic rings. The lowest BCUT2D eigenvalue weighted by Gasteiger charge is -2.12. The molecule has 0 aliphatic heterocycles. The van der Waals surface area contributed by atoms with Gasteiger partial charge in [-0.3, -0.25) is 14.5 Å². The molecule has 94 valence electrons. The van der Waals surface area contributed by atoms with Gasteiger partial charge in [0.1, 0.15) is 0 Å². The maximum atomic E-state index is 12.1. The average Bonchev–Trinajstić information content (AvgIpc) is 2.71. The van der Waals surface area contributed by atoms with Crippen molar-refractivity contribution in [2.24, 2.45) is 0 Å². The minimum absolute atomic E-state index is 0.0869. The molecule has 2 rings (SSSR count). The number of benzene rings is 1. The first-order valence-electron chi connectivity index (χ1n) is 5.57. The normalized spacial score (nSPS) is 11.0. The number of para-hydroxylation sites is 1. The Morgan fingerprint density at radius 1 is 1.28 bits per heavy atom. The van der Waals surface area contributed by atoms with Gasteiger partial charge < -0.3 is 10.1 Å². The highest BCUT2D eigenvalue weighted by molar-refractivity contribution is 6.08. The van der Waals surface area contributed by atoms with Gasteiger partial charge in [-0.15, -0.1) is 0 Å². The third-order valence-corrected chi connectivity index (χ3v) is 2.71. The van der Waals surface area contributed by atoms with Gasteiger partial charge in [-0.2, -0.15) is 0 Å².